The molecule has 0 saturated heterocycles. The van der Waals surface area contributed by atoms with E-state index in [0.29, 0.717) is 0 Å². The summed E-state index contributed by atoms with van der Waals surface area (Å²) in [4.78, 5) is 0. The second kappa shape index (κ2) is 3.68. The van der Waals surface area contributed by atoms with Crippen LogP contribution in [0.25, 0.3) is 0 Å². The van der Waals surface area contributed by atoms with Crippen LogP contribution in [0.3, 0.4) is 0 Å². The van der Waals surface area contributed by atoms with Gasteiger partial charge in [0.2, 0.25) is 0 Å². The molecule has 0 aliphatic rings. The van der Waals surface area contributed by atoms with Crippen molar-refractivity contribution >= 4 is 0 Å². The summed E-state index contributed by atoms with van der Waals surface area (Å²) in [5, 5.41) is 2.42. The van der Waals surface area contributed by atoms with Crippen molar-refractivity contribution in [3.8, 4) is 0 Å². The Bertz CT molecular complexity index is 72.7. The normalized spacial score (nSPS) is 12.0. The Labute approximate surface area is 51.0 Å². The van der Waals surface area contributed by atoms with E-state index in [4.69, 9.17) is 0 Å². The maximum absolute atomic E-state index is 11.2. The highest BCUT2D eigenvalue weighted by atomic mass is 19.4. The minimum Gasteiger partial charge on any atom is -0.357 e. The third-order valence-corrected chi connectivity index (χ3v) is 0.512. The van der Waals surface area contributed by atoms with Gasteiger partial charge in [-0.1, -0.05) is 0 Å². The first-order valence-corrected chi connectivity index (χ1v) is 2.35. The molecule has 0 aromatic carbocycles. The summed E-state index contributed by atoms with van der Waals surface area (Å²) in [6.07, 6.45) is -4.21. The van der Waals surface area contributed by atoms with E-state index in [0.717, 1.165) is 0 Å². The Morgan fingerprint density at radius 3 is 2.33 bits per heavy atom. The van der Waals surface area contributed by atoms with Crippen LogP contribution in [0.2, 0.25) is 0 Å². The number of rotatable bonds is 3. The quantitative estimate of drug-likeness (QED) is 0.464. The number of ether oxygens (including phenoxy) is 1. The molecule has 0 spiro atoms. The molecule has 56 valence electrons. The molecule has 0 bridgehead atoms. The summed E-state index contributed by atoms with van der Waals surface area (Å²) in [6, 6.07) is 0. The fourth-order valence-electron chi connectivity index (χ4n) is 0.269. The zero-order chi connectivity index (χ0) is 7.33. The van der Waals surface area contributed by atoms with Gasteiger partial charge in [-0.3, -0.25) is 5.32 Å². The molecule has 2 nitrogen and oxygen atoms in total. The van der Waals surface area contributed by atoms with Gasteiger partial charge in [0.1, 0.15) is 6.61 Å². The Balaban J connectivity index is 3.07. The van der Waals surface area contributed by atoms with Crippen LogP contribution in [0.4, 0.5) is 13.2 Å². The van der Waals surface area contributed by atoms with Crippen molar-refractivity contribution in [2.24, 2.45) is 0 Å². The van der Waals surface area contributed by atoms with Gasteiger partial charge in [0.05, 0.1) is 6.73 Å². The van der Waals surface area contributed by atoms with E-state index in [2.05, 4.69) is 10.1 Å². The van der Waals surface area contributed by atoms with E-state index in [1.54, 1.807) is 0 Å². The Morgan fingerprint density at radius 2 is 2.00 bits per heavy atom. The van der Waals surface area contributed by atoms with Gasteiger partial charge in [-0.25, -0.2) is 0 Å². The van der Waals surface area contributed by atoms with Crippen LogP contribution in [-0.2, 0) is 4.74 Å². The Hall–Kier alpha value is -0.290. The fraction of sp³-hybridized carbons (Fsp3) is 1.00. The number of halogens is 3. The molecule has 0 saturated carbocycles. The third-order valence-electron chi connectivity index (χ3n) is 0.512. The molecule has 0 aliphatic heterocycles. The zero-order valence-electron chi connectivity index (χ0n) is 4.96. The van der Waals surface area contributed by atoms with Gasteiger partial charge in [0, 0.05) is 0 Å². The van der Waals surface area contributed by atoms with Crippen molar-refractivity contribution in [2.75, 3.05) is 20.4 Å². The molecule has 0 unspecified atom stereocenters. The smallest absolute Gasteiger partial charge is 0.357 e. The maximum atomic E-state index is 11.2. The molecular weight excluding hydrogens is 135 g/mol. The van der Waals surface area contributed by atoms with E-state index < -0.39 is 12.8 Å². The summed E-state index contributed by atoms with van der Waals surface area (Å²) in [5.41, 5.74) is 0. The first-order chi connectivity index (χ1) is 4.06. The molecular formula is C4H8F3NO. The van der Waals surface area contributed by atoms with Crippen LogP contribution in [0, 0.1) is 0 Å². The second-order valence-corrected chi connectivity index (χ2v) is 1.46. The van der Waals surface area contributed by atoms with Crippen LogP contribution in [0.15, 0.2) is 0 Å². The molecule has 0 heterocycles. The first kappa shape index (κ1) is 8.71. The molecule has 0 radical (unpaired) electrons. The molecule has 0 atom stereocenters. The van der Waals surface area contributed by atoms with Crippen LogP contribution < -0.4 is 5.32 Å². The number of nitrogens with one attached hydrogen (secondary N) is 1. The average Bonchev–Trinajstić information content (AvgIpc) is 1.63. The van der Waals surface area contributed by atoms with Gasteiger partial charge in [0.25, 0.3) is 0 Å². The van der Waals surface area contributed by atoms with Crippen molar-refractivity contribution in [2.45, 2.75) is 6.18 Å². The molecule has 0 aliphatic carbocycles. The molecule has 0 rings (SSSR count). The highest BCUT2D eigenvalue weighted by molar-refractivity contribution is 4.43. The van der Waals surface area contributed by atoms with Crippen molar-refractivity contribution in [3.05, 3.63) is 0 Å². The summed E-state index contributed by atoms with van der Waals surface area (Å²) in [5.74, 6) is 0. The van der Waals surface area contributed by atoms with Crippen molar-refractivity contribution in [1.82, 2.24) is 5.32 Å². The zero-order valence-corrected chi connectivity index (χ0v) is 4.96. The maximum Gasteiger partial charge on any atom is 0.411 e. The lowest BCUT2D eigenvalue weighted by Crippen LogP contribution is -2.21. The Kier molecular flexibility index (Phi) is 3.56. The Morgan fingerprint density at radius 1 is 1.44 bits per heavy atom. The van der Waals surface area contributed by atoms with Gasteiger partial charge < -0.3 is 4.74 Å². The first-order valence-electron chi connectivity index (χ1n) is 2.35. The molecule has 9 heavy (non-hydrogen) atoms. The highest BCUT2D eigenvalue weighted by Crippen LogP contribution is 2.13. The van der Waals surface area contributed by atoms with E-state index >= 15 is 0 Å². The van der Waals surface area contributed by atoms with Crippen molar-refractivity contribution in [1.29, 1.82) is 0 Å². The number of hydrogen-bond donors (Lipinski definition) is 1. The lowest BCUT2D eigenvalue weighted by atomic mass is 10.7. The third kappa shape index (κ3) is 7.71. The summed E-state index contributed by atoms with van der Waals surface area (Å²) in [6.45, 7) is -1.26. The molecule has 5 heteroatoms. The fourth-order valence-corrected chi connectivity index (χ4v) is 0.269. The van der Waals surface area contributed by atoms with Crippen molar-refractivity contribution < 1.29 is 17.9 Å². The summed E-state index contributed by atoms with van der Waals surface area (Å²) in [7, 11) is 1.51. The van der Waals surface area contributed by atoms with Crippen LogP contribution >= 0.6 is 0 Å². The van der Waals surface area contributed by atoms with Crippen molar-refractivity contribution in [3.63, 3.8) is 0 Å². The van der Waals surface area contributed by atoms with Gasteiger partial charge in [-0.15, -0.1) is 0 Å². The predicted molar refractivity (Wildman–Crippen MR) is 25.9 cm³/mol. The standard InChI is InChI=1S/C4H8F3NO/c1-8-3-9-2-4(5,6)7/h8H,2-3H2,1H3. The minimum absolute atomic E-state index is 0.0699. The molecule has 0 amide bonds. The molecule has 0 aromatic rings. The minimum atomic E-state index is -4.21. The van der Waals surface area contributed by atoms with Gasteiger partial charge in [0.15, 0.2) is 0 Å². The van der Waals surface area contributed by atoms with E-state index in [-0.39, 0.29) is 6.73 Å². The van der Waals surface area contributed by atoms with Gasteiger partial charge in [-0.05, 0) is 7.05 Å². The van der Waals surface area contributed by atoms with E-state index in [1.165, 1.54) is 7.05 Å². The predicted octanol–water partition coefficient (Wildman–Crippen LogP) is 0.742. The largest absolute Gasteiger partial charge is 0.411 e. The van der Waals surface area contributed by atoms with E-state index in [1.807, 2.05) is 0 Å². The molecule has 0 aromatic heterocycles. The van der Waals surface area contributed by atoms with Gasteiger partial charge in [-0.2, -0.15) is 13.2 Å². The second-order valence-electron chi connectivity index (χ2n) is 1.46. The lowest BCUT2D eigenvalue weighted by Gasteiger charge is -2.05. The van der Waals surface area contributed by atoms with Crippen LogP contribution in [-0.4, -0.2) is 26.6 Å². The lowest BCUT2D eigenvalue weighted by molar-refractivity contribution is -0.175. The van der Waals surface area contributed by atoms with Gasteiger partial charge >= 0.3 is 6.18 Å². The van der Waals surface area contributed by atoms with Crippen LogP contribution in [0.1, 0.15) is 0 Å². The molecule has 0 fully saturated rings. The highest BCUT2D eigenvalue weighted by Gasteiger charge is 2.26. The average molecular weight is 143 g/mol. The topological polar surface area (TPSA) is 21.3 Å². The molecule has 1 N–H and O–H groups in total. The number of hydrogen-bond acceptors (Lipinski definition) is 2. The van der Waals surface area contributed by atoms with E-state index in [9.17, 15) is 13.2 Å². The van der Waals surface area contributed by atoms with Crippen LogP contribution in [0.5, 0.6) is 0 Å². The summed E-state index contributed by atoms with van der Waals surface area (Å²) >= 11 is 0. The SMILES string of the molecule is CNCOCC(F)(F)F. The summed E-state index contributed by atoms with van der Waals surface area (Å²) < 4.78 is 37.8. The monoisotopic (exact) mass is 143 g/mol. The number of alkyl halides is 3.